The molecule has 3 rings (SSSR count). The van der Waals surface area contributed by atoms with Crippen LogP contribution in [-0.4, -0.2) is 53.9 Å². The zero-order chi connectivity index (χ0) is 20.1. The Morgan fingerprint density at radius 3 is 2.68 bits per heavy atom. The van der Waals surface area contributed by atoms with Crippen LogP contribution >= 0.6 is 23.2 Å². The fraction of sp³-hybridized carbons (Fsp3) is 0.350. The number of phenolic OH excluding ortho intramolecular Hbond substituents is 2. The maximum Gasteiger partial charge on any atom is 0.257 e. The number of nitrogens with zero attached hydrogens (tertiary/aromatic N) is 1. The van der Waals surface area contributed by atoms with E-state index in [2.05, 4.69) is 0 Å². The molecule has 2 aromatic carbocycles. The summed E-state index contributed by atoms with van der Waals surface area (Å²) < 4.78 is 11.4. The summed E-state index contributed by atoms with van der Waals surface area (Å²) >= 11 is 12.3. The molecule has 2 N–H and O–H groups in total. The van der Waals surface area contributed by atoms with Crippen molar-refractivity contribution in [2.75, 3.05) is 32.9 Å². The van der Waals surface area contributed by atoms with Gasteiger partial charge in [-0.05, 0) is 24.3 Å². The lowest BCUT2D eigenvalue weighted by Gasteiger charge is -2.24. The van der Waals surface area contributed by atoms with Gasteiger partial charge in [0, 0.05) is 40.7 Å². The topological polar surface area (TPSA) is 79.2 Å². The number of ether oxygens (including phenoxy) is 2. The Labute approximate surface area is 173 Å². The summed E-state index contributed by atoms with van der Waals surface area (Å²) in [4.78, 5) is 14.4. The van der Waals surface area contributed by atoms with Gasteiger partial charge in [-0.3, -0.25) is 4.79 Å². The predicted molar refractivity (Wildman–Crippen MR) is 106 cm³/mol. The first-order valence-corrected chi connectivity index (χ1v) is 9.61. The Kier molecular flexibility index (Phi) is 7.02. The van der Waals surface area contributed by atoms with E-state index >= 15 is 0 Å². The summed E-state index contributed by atoms with van der Waals surface area (Å²) in [6, 6.07) is 9.21. The SMILES string of the molecule is O=C(c1ccc(O)cc1O)N1CCOCC(COCc2c(Cl)cccc2Cl)C1. The van der Waals surface area contributed by atoms with Gasteiger partial charge in [-0.1, -0.05) is 29.3 Å². The van der Waals surface area contributed by atoms with Crippen LogP contribution < -0.4 is 0 Å². The smallest absolute Gasteiger partial charge is 0.257 e. The average Bonchev–Trinajstić information content (AvgIpc) is 2.89. The molecule has 1 atom stereocenters. The van der Waals surface area contributed by atoms with Gasteiger partial charge in [0.15, 0.2) is 0 Å². The zero-order valence-electron chi connectivity index (χ0n) is 15.1. The minimum atomic E-state index is -0.317. The van der Waals surface area contributed by atoms with Crippen molar-refractivity contribution in [3.05, 3.63) is 57.6 Å². The molecule has 1 heterocycles. The van der Waals surface area contributed by atoms with Gasteiger partial charge in [0.2, 0.25) is 0 Å². The van der Waals surface area contributed by atoms with Crippen LogP contribution in [0, 0.1) is 5.92 Å². The first-order valence-electron chi connectivity index (χ1n) is 8.85. The molecule has 0 aliphatic carbocycles. The lowest BCUT2D eigenvalue weighted by Crippen LogP contribution is -2.37. The van der Waals surface area contributed by atoms with E-state index in [1.807, 2.05) is 0 Å². The molecule has 150 valence electrons. The van der Waals surface area contributed by atoms with Crippen LogP contribution in [-0.2, 0) is 16.1 Å². The Bertz CT molecular complexity index is 825. The summed E-state index contributed by atoms with van der Waals surface area (Å²) in [5, 5.41) is 20.5. The molecule has 0 radical (unpaired) electrons. The van der Waals surface area contributed by atoms with Crippen molar-refractivity contribution in [2.45, 2.75) is 6.61 Å². The summed E-state index contributed by atoms with van der Waals surface area (Å²) in [6.45, 7) is 2.33. The molecule has 1 fully saturated rings. The van der Waals surface area contributed by atoms with Crippen molar-refractivity contribution in [1.82, 2.24) is 4.90 Å². The van der Waals surface area contributed by atoms with Gasteiger partial charge in [0.1, 0.15) is 11.5 Å². The van der Waals surface area contributed by atoms with Crippen molar-refractivity contribution >= 4 is 29.1 Å². The highest BCUT2D eigenvalue weighted by Crippen LogP contribution is 2.26. The van der Waals surface area contributed by atoms with Crippen LogP contribution in [0.3, 0.4) is 0 Å². The first kappa shape index (κ1) is 20.7. The first-order chi connectivity index (χ1) is 13.5. The van der Waals surface area contributed by atoms with Crippen LogP contribution in [0.25, 0.3) is 0 Å². The number of carbonyl (C=O) groups excluding carboxylic acids is 1. The molecule has 1 unspecified atom stereocenters. The minimum Gasteiger partial charge on any atom is -0.508 e. The molecule has 1 amide bonds. The largest absolute Gasteiger partial charge is 0.508 e. The van der Waals surface area contributed by atoms with E-state index < -0.39 is 0 Å². The fourth-order valence-electron chi connectivity index (χ4n) is 3.03. The summed E-state index contributed by atoms with van der Waals surface area (Å²) in [5.41, 5.74) is 0.865. The molecular weight excluding hydrogens is 405 g/mol. The molecule has 0 aromatic heterocycles. The van der Waals surface area contributed by atoms with Gasteiger partial charge in [0.05, 0.1) is 32.0 Å². The number of rotatable bonds is 5. The molecule has 8 heteroatoms. The Morgan fingerprint density at radius 2 is 1.96 bits per heavy atom. The minimum absolute atomic E-state index is 0.0352. The van der Waals surface area contributed by atoms with Crippen LogP contribution in [0.4, 0.5) is 0 Å². The molecule has 0 bridgehead atoms. The van der Waals surface area contributed by atoms with Gasteiger partial charge >= 0.3 is 0 Å². The number of hydrogen-bond donors (Lipinski definition) is 2. The molecule has 6 nitrogen and oxygen atoms in total. The van der Waals surface area contributed by atoms with E-state index in [0.717, 1.165) is 11.6 Å². The van der Waals surface area contributed by atoms with Crippen molar-refractivity contribution in [1.29, 1.82) is 0 Å². The number of carbonyl (C=O) groups is 1. The molecule has 1 aliphatic rings. The molecule has 1 saturated heterocycles. The van der Waals surface area contributed by atoms with E-state index in [0.29, 0.717) is 43.0 Å². The Hall–Kier alpha value is -1.99. The van der Waals surface area contributed by atoms with Crippen molar-refractivity contribution in [3.63, 3.8) is 0 Å². The van der Waals surface area contributed by atoms with Crippen LogP contribution in [0.15, 0.2) is 36.4 Å². The van der Waals surface area contributed by atoms with Crippen molar-refractivity contribution in [2.24, 2.45) is 5.92 Å². The van der Waals surface area contributed by atoms with Gasteiger partial charge in [-0.25, -0.2) is 0 Å². The second kappa shape index (κ2) is 9.47. The molecule has 0 spiro atoms. The third-order valence-corrected chi connectivity index (χ3v) is 5.21. The fourth-order valence-corrected chi connectivity index (χ4v) is 3.54. The van der Waals surface area contributed by atoms with E-state index in [9.17, 15) is 15.0 Å². The number of hydrogen-bond acceptors (Lipinski definition) is 5. The number of benzene rings is 2. The van der Waals surface area contributed by atoms with E-state index in [-0.39, 0.29) is 35.5 Å². The Morgan fingerprint density at radius 1 is 1.21 bits per heavy atom. The van der Waals surface area contributed by atoms with E-state index in [4.69, 9.17) is 32.7 Å². The number of aromatic hydroxyl groups is 2. The molecule has 1 aliphatic heterocycles. The van der Waals surface area contributed by atoms with Crippen LogP contribution in [0.1, 0.15) is 15.9 Å². The molecular formula is C20H21Cl2NO5. The lowest BCUT2D eigenvalue weighted by atomic mass is 10.1. The highest BCUT2D eigenvalue weighted by molar-refractivity contribution is 6.35. The van der Waals surface area contributed by atoms with E-state index in [1.54, 1.807) is 23.1 Å². The lowest BCUT2D eigenvalue weighted by molar-refractivity contribution is 0.0439. The third kappa shape index (κ3) is 5.08. The molecule has 0 saturated carbocycles. The maximum absolute atomic E-state index is 12.8. The van der Waals surface area contributed by atoms with Gasteiger partial charge in [0.25, 0.3) is 5.91 Å². The standard InChI is InChI=1S/C20H21Cl2NO5/c21-17-2-1-3-18(22)16(17)12-28-11-13-9-23(6-7-27-10-13)20(26)15-5-4-14(24)8-19(15)25/h1-5,8,13,24-25H,6-7,9-12H2. The zero-order valence-corrected chi connectivity index (χ0v) is 16.6. The summed E-state index contributed by atoms with van der Waals surface area (Å²) in [5.74, 6) is -0.705. The molecule has 28 heavy (non-hydrogen) atoms. The number of phenols is 2. The highest BCUT2D eigenvalue weighted by atomic mass is 35.5. The summed E-state index contributed by atoms with van der Waals surface area (Å²) in [6.07, 6.45) is 0. The highest BCUT2D eigenvalue weighted by Gasteiger charge is 2.25. The number of halogens is 2. The second-order valence-electron chi connectivity index (χ2n) is 6.61. The number of amides is 1. The van der Waals surface area contributed by atoms with Crippen molar-refractivity contribution in [3.8, 4) is 11.5 Å². The summed E-state index contributed by atoms with van der Waals surface area (Å²) in [7, 11) is 0. The normalized spacial score (nSPS) is 17.4. The van der Waals surface area contributed by atoms with E-state index in [1.165, 1.54) is 12.1 Å². The van der Waals surface area contributed by atoms with Gasteiger partial charge in [-0.15, -0.1) is 0 Å². The maximum atomic E-state index is 12.8. The quantitative estimate of drug-likeness (QED) is 0.762. The average molecular weight is 426 g/mol. The second-order valence-corrected chi connectivity index (χ2v) is 7.42. The van der Waals surface area contributed by atoms with Crippen LogP contribution in [0.5, 0.6) is 11.5 Å². The monoisotopic (exact) mass is 425 g/mol. The Balaban J connectivity index is 1.61. The van der Waals surface area contributed by atoms with Gasteiger partial charge in [-0.2, -0.15) is 0 Å². The molecule has 2 aromatic rings. The van der Waals surface area contributed by atoms with Crippen LogP contribution in [0.2, 0.25) is 10.0 Å². The predicted octanol–water partition coefficient (Wildman–Crippen LogP) is 3.71. The van der Waals surface area contributed by atoms with Gasteiger partial charge < -0.3 is 24.6 Å². The third-order valence-electron chi connectivity index (χ3n) is 4.50. The van der Waals surface area contributed by atoms with Crippen molar-refractivity contribution < 1.29 is 24.5 Å².